The molecule has 0 saturated carbocycles. The average Bonchev–Trinajstić information content (AvgIpc) is 2.67. The molecule has 0 spiro atoms. The van der Waals surface area contributed by atoms with Crippen LogP contribution in [0, 0.1) is 5.82 Å². The standard InChI is InChI=1S/C18H17F4N3O2/c19-14-2-4-15(5-3-14)27-12-17(26)25-9-7-24(8-10-25)16-6-1-13(11-23-16)18(20,21)22/h1-6,11H,7-10,12H2. The van der Waals surface area contributed by atoms with Crippen molar-refractivity contribution in [3.05, 3.63) is 54.0 Å². The van der Waals surface area contributed by atoms with Crippen molar-refractivity contribution in [1.29, 1.82) is 0 Å². The van der Waals surface area contributed by atoms with Crippen LogP contribution in [0.25, 0.3) is 0 Å². The third-order valence-electron chi connectivity index (χ3n) is 4.21. The number of nitrogens with zero attached hydrogens (tertiary/aromatic N) is 3. The van der Waals surface area contributed by atoms with Gasteiger partial charge in [-0.05, 0) is 36.4 Å². The van der Waals surface area contributed by atoms with Crippen LogP contribution in [0.4, 0.5) is 23.4 Å². The molecule has 9 heteroatoms. The fourth-order valence-corrected chi connectivity index (χ4v) is 2.69. The number of alkyl halides is 3. The van der Waals surface area contributed by atoms with E-state index in [0.717, 1.165) is 12.3 Å². The van der Waals surface area contributed by atoms with Gasteiger partial charge in [-0.15, -0.1) is 0 Å². The second kappa shape index (κ2) is 7.81. The zero-order valence-electron chi connectivity index (χ0n) is 14.2. The molecule has 0 atom stereocenters. The molecular formula is C18H17F4N3O2. The number of benzene rings is 1. The van der Waals surface area contributed by atoms with Crippen LogP contribution in [0.1, 0.15) is 5.56 Å². The van der Waals surface area contributed by atoms with Crippen LogP contribution in [0.5, 0.6) is 5.75 Å². The SMILES string of the molecule is O=C(COc1ccc(F)cc1)N1CCN(c2ccc(C(F)(F)F)cn2)CC1. The molecule has 1 aromatic heterocycles. The van der Waals surface area contributed by atoms with Crippen molar-refractivity contribution in [1.82, 2.24) is 9.88 Å². The van der Waals surface area contributed by atoms with E-state index in [1.807, 2.05) is 4.90 Å². The van der Waals surface area contributed by atoms with Crippen molar-refractivity contribution >= 4 is 11.7 Å². The molecule has 1 amide bonds. The molecule has 0 radical (unpaired) electrons. The predicted octanol–water partition coefficient (Wildman–Crippen LogP) is 2.97. The van der Waals surface area contributed by atoms with Crippen LogP contribution in [-0.4, -0.2) is 48.6 Å². The summed E-state index contributed by atoms with van der Waals surface area (Å²) in [6.45, 7) is 1.58. The Balaban J connectivity index is 1.49. The lowest BCUT2D eigenvalue weighted by molar-refractivity contribution is -0.138. The number of rotatable bonds is 4. The molecule has 0 aliphatic carbocycles. The van der Waals surface area contributed by atoms with E-state index in [4.69, 9.17) is 4.74 Å². The molecule has 1 aliphatic heterocycles. The molecule has 0 bridgehead atoms. The van der Waals surface area contributed by atoms with E-state index in [9.17, 15) is 22.4 Å². The Bertz CT molecular complexity index is 771. The summed E-state index contributed by atoms with van der Waals surface area (Å²) in [6.07, 6.45) is -3.61. The molecular weight excluding hydrogens is 366 g/mol. The highest BCUT2D eigenvalue weighted by molar-refractivity contribution is 5.78. The van der Waals surface area contributed by atoms with Gasteiger partial charge in [0, 0.05) is 32.4 Å². The first-order valence-electron chi connectivity index (χ1n) is 8.27. The number of hydrogen-bond acceptors (Lipinski definition) is 4. The van der Waals surface area contributed by atoms with Crippen molar-refractivity contribution in [2.45, 2.75) is 6.18 Å². The Labute approximate surface area is 153 Å². The van der Waals surface area contributed by atoms with Crippen LogP contribution >= 0.6 is 0 Å². The quantitative estimate of drug-likeness (QED) is 0.762. The Morgan fingerprint density at radius 1 is 1.04 bits per heavy atom. The van der Waals surface area contributed by atoms with Crippen molar-refractivity contribution in [2.24, 2.45) is 0 Å². The highest BCUT2D eigenvalue weighted by atomic mass is 19.4. The van der Waals surface area contributed by atoms with Gasteiger partial charge in [0.15, 0.2) is 6.61 Å². The number of hydrogen-bond donors (Lipinski definition) is 0. The molecule has 0 N–H and O–H groups in total. The highest BCUT2D eigenvalue weighted by Gasteiger charge is 2.31. The van der Waals surface area contributed by atoms with Gasteiger partial charge in [-0.3, -0.25) is 4.79 Å². The van der Waals surface area contributed by atoms with Gasteiger partial charge in [-0.2, -0.15) is 13.2 Å². The monoisotopic (exact) mass is 383 g/mol. The average molecular weight is 383 g/mol. The zero-order valence-corrected chi connectivity index (χ0v) is 14.2. The van der Waals surface area contributed by atoms with E-state index in [1.54, 1.807) is 4.90 Å². The summed E-state index contributed by atoms with van der Waals surface area (Å²) >= 11 is 0. The van der Waals surface area contributed by atoms with Crippen LogP contribution in [0.2, 0.25) is 0 Å². The molecule has 1 aliphatic rings. The van der Waals surface area contributed by atoms with E-state index in [0.29, 0.717) is 37.7 Å². The third-order valence-corrected chi connectivity index (χ3v) is 4.21. The van der Waals surface area contributed by atoms with E-state index in [2.05, 4.69) is 4.98 Å². The number of pyridine rings is 1. The number of ether oxygens (including phenoxy) is 1. The first-order valence-corrected chi connectivity index (χ1v) is 8.27. The predicted molar refractivity (Wildman–Crippen MR) is 89.9 cm³/mol. The van der Waals surface area contributed by atoms with Gasteiger partial charge < -0.3 is 14.5 Å². The lowest BCUT2D eigenvalue weighted by atomic mass is 10.2. The fourth-order valence-electron chi connectivity index (χ4n) is 2.69. The lowest BCUT2D eigenvalue weighted by Crippen LogP contribution is -2.50. The van der Waals surface area contributed by atoms with Crippen molar-refractivity contribution in [3.63, 3.8) is 0 Å². The molecule has 2 heterocycles. The molecule has 0 unspecified atom stereocenters. The van der Waals surface area contributed by atoms with E-state index in [-0.39, 0.29) is 18.3 Å². The Morgan fingerprint density at radius 2 is 1.70 bits per heavy atom. The van der Waals surface area contributed by atoms with E-state index in [1.165, 1.54) is 30.3 Å². The Morgan fingerprint density at radius 3 is 2.26 bits per heavy atom. The first kappa shape index (κ1) is 18.9. The lowest BCUT2D eigenvalue weighted by Gasteiger charge is -2.35. The summed E-state index contributed by atoms with van der Waals surface area (Å²) in [4.78, 5) is 19.5. The topological polar surface area (TPSA) is 45.7 Å². The molecule has 1 aromatic carbocycles. The Kier molecular flexibility index (Phi) is 5.48. The summed E-state index contributed by atoms with van der Waals surface area (Å²) < 4.78 is 55.9. The second-order valence-corrected chi connectivity index (χ2v) is 6.01. The molecule has 3 rings (SSSR count). The summed E-state index contributed by atoms with van der Waals surface area (Å²) in [7, 11) is 0. The van der Waals surface area contributed by atoms with Gasteiger partial charge in [-0.25, -0.2) is 9.37 Å². The number of piperazine rings is 1. The van der Waals surface area contributed by atoms with Gasteiger partial charge in [0.2, 0.25) is 0 Å². The number of anilines is 1. The van der Waals surface area contributed by atoms with Crippen LogP contribution in [0.15, 0.2) is 42.6 Å². The molecule has 1 fully saturated rings. The minimum Gasteiger partial charge on any atom is -0.484 e. The highest BCUT2D eigenvalue weighted by Crippen LogP contribution is 2.29. The molecule has 2 aromatic rings. The first-order chi connectivity index (χ1) is 12.8. The van der Waals surface area contributed by atoms with Crippen molar-refractivity contribution in [3.8, 4) is 5.75 Å². The maximum absolute atomic E-state index is 12.8. The maximum Gasteiger partial charge on any atom is 0.417 e. The number of amides is 1. The fraction of sp³-hybridized carbons (Fsp3) is 0.333. The van der Waals surface area contributed by atoms with Gasteiger partial charge in [0.1, 0.15) is 17.4 Å². The van der Waals surface area contributed by atoms with Crippen molar-refractivity contribution < 1.29 is 27.1 Å². The minimum atomic E-state index is -4.42. The second-order valence-electron chi connectivity index (χ2n) is 6.01. The molecule has 5 nitrogen and oxygen atoms in total. The van der Waals surface area contributed by atoms with Gasteiger partial charge in [0.05, 0.1) is 5.56 Å². The Hall–Kier alpha value is -2.84. The summed E-state index contributed by atoms with van der Waals surface area (Å²) in [5.41, 5.74) is -0.794. The van der Waals surface area contributed by atoms with E-state index < -0.39 is 11.7 Å². The summed E-state index contributed by atoms with van der Waals surface area (Å²) in [5, 5.41) is 0. The number of halogens is 4. The minimum absolute atomic E-state index is 0.163. The van der Waals surface area contributed by atoms with Gasteiger partial charge in [0.25, 0.3) is 5.91 Å². The number of carbonyl (C=O) groups is 1. The third kappa shape index (κ3) is 4.87. The number of carbonyl (C=O) groups excluding carboxylic acids is 1. The van der Waals surface area contributed by atoms with Gasteiger partial charge >= 0.3 is 6.18 Å². The van der Waals surface area contributed by atoms with Crippen molar-refractivity contribution in [2.75, 3.05) is 37.7 Å². The maximum atomic E-state index is 12.8. The van der Waals surface area contributed by atoms with Gasteiger partial charge in [-0.1, -0.05) is 0 Å². The normalized spacial score (nSPS) is 15.0. The zero-order chi connectivity index (χ0) is 19.4. The molecule has 1 saturated heterocycles. The molecule has 27 heavy (non-hydrogen) atoms. The smallest absolute Gasteiger partial charge is 0.417 e. The van der Waals surface area contributed by atoms with Crippen LogP contribution in [-0.2, 0) is 11.0 Å². The van der Waals surface area contributed by atoms with Crippen LogP contribution < -0.4 is 9.64 Å². The summed E-state index contributed by atoms with van der Waals surface area (Å²) in [6, 6.07) is 7.70. The summed E-state index contributed by atoms with van der Waals surface area (Å²) in [5.74, 6) is 0.246. The van der Waals surface area contributed by atoms with Crippen LogP contribution in [0.3, 0.4) is 0 Å². The van der Waals surface area contributed by atoms with E-state index >= 15 is 0 Å². The molecule has 144 valence electrons. The largest absolute Gasteiger partial charge is 0.484 e. The number of aromatic nitrogens is 1.